The van der Waals surface area contributed by atoms with Crippen molar-refractivity contribution in [3.63, 3.8) is 0 Å². The molecule has 2 heterocycles. The minimum atomic E-state index is -4.72. The van der Waals surface area contributed by atoms with Gasteiger partial charge in [-0.15, -0.1) is 11.3 Å². The van der Waals surface area contributed by atoms with Gasteiger partial charge in [0.2, 0.25) is 0 Å². The smallest absolute Gasteiger partial charge is 0.374 e. The van der Waals surface area contributed by atoms with Crippen LogP contribution in [0.25, 0.3) is 0 Å². The van der Waals surface area contributed by atoms with Gasteiger partial charge in [-0.1, -0.05) is 40.0 Å². The molecule has 1 aliphatic rings. The summed E-state index contributed by atoms with van der Waals surface area (Å²) < 4.78 is 41.8. The predicted octanol–water partition coefficient (Wildman–Crippen LogP) is 6.91. The van der Waals surface area contributed by atoms with Crippen LogP contribution in [0.2, 0.25) is 15.1 Å². The fourth-order valence-corrected chi connectivity index (χ4v) is 4.15. The van der Waals surface area contributed by atoms with Crippen molar-refractivity contribution in [1.82, 2.24) is 0 Å². The molecule has 1 aliphatic heterocycles. The largest absolute Gasteiger partial charge is 0.435 e. The summed E-state index contributed by atoms with van der Waals surface area (Å²) in [4.78, 5) is 6.63. The second-order valence-electron chi connectivity index (χ2n) is 5.73. The second-order valence-corrected chi connectivity index (χ2v) is 8.18. The maximum absolute atomic E-state index is 13.9. The number of alkyl halides is 3. The first kappa shape index (κ1) is 18.8. The summed E-state index contributed by atoms with van der Waals surface area (Å²) in [5.41, 5.74) is -1.65. The van der Waals surface area contributed by atoms with Gasteiger partial charge in [-0.25, -0.2) is 0 Å². The van der Waals surface area contributed by atoms with Crippen molar-refractivity contribution < 1.29 is 18.0 Å². The lowest BCUT2D eigenvalue weighted by Crippen LogP contribution is -2.42. The molecule has 1 atom stereocenters. The molecule has 2 nitrogen and oxygen atoms in total. The highest BCUT2D eigenvalue weighted by Crippen LogP contribution is 2.51. The summed E-state index contributed by atoms with van der Waals surface area (Å²) in [7, 11) is 0. The zero-order valence-corrected chi connectivity index (χ0v) is 16.1. The highest BCUT2D eigenvalue weighted by Gasteiger charge is 2.62. The molecule has 0 spiro atoms. The number of hydrogen-bond donors (Lipinski definition) is 0. The number of aryl methyl sites for hydroxylation is 2. The summed E-state index contributed by atoms with van der Waals surface area (Å²) in [6.07, 6.45) is -5.19. The van der Waals surface area contributed by atoms with Crippen LogP contribution in [0, 0.1) is 13.8 Å². The van der Waals surface area contributed by atoms with E-state index in [0.717, 1.165) is 22.6 Å². The van der Waals surface area contributed by atoms with Crippen LogP contribution < -0.4 is 0 Å². The van der Waals surface area contributed by atoms with Gasteiger partial charge >= 0.3 is 6.18 Å². The molecule has 0 amide bonds. The first-order chi connectivity index (χ1) is 11.5. The van der Waals surface area contributed by atoms with Gasteiger partial charge in [-0.05, 0) is 37.6 Å². The molecule has 25 heavy (non-hydrogen) atoms. The number of hydrogen-bond acceptors (Lipinski definition) is 3. The highest BCUT2D eigenvalue weighted by atomic mass is 35.5. The molecule has 1 aromatic heterocycles. The lowest BCUT2D eigenvalue weighted by atomic mass is 9.88. The predicted molar refractivity (Wildman–Crippen MR) is 95.2 cm³/mol. The van der Waals surface area contributed by atoms with E-state index in [-0.39, 0.29) is 26.3 Å². The van der Waals surface area contributed by atoms with E-state index in [4.69, 9.17) is 39.6 Å². The van der Waals surface area contributed by atoms with Gasteiger partial charge in [0.15, 0.2) is 0 Å². The quantitative estimate of drug-likeness (QED) is 0.476. The lowest BCUT2D eigenvalue weighted by molar-refractivity contribution is -0.275. The van der Waals surface area contributed by atoms with Crippen LogP contribution in [-0.2, 0) is 10.4 Å². The number of nitrogens with zero attached hydrogens (tertiary/aromatic N) is 1. The number of halogens is 6. The Morgan fingerprint density at radius 2 is 1.72 bits per heavy atom. The van der Waals surface area contributed by atoms with Crippen molar-refractivity contribution in [1.29, 1.82) is 0 Å². The molecular weight excluding hydrogens is 418 g/mol. The molecular formula is C16H11Cl3F3NOS. The third kappa shape index (κ3) is 3.14. The molecule has 1 aromatic carbocycles. The van der Waals surface area contributed by atoms with E-state index in [9.17, 15) is 13.2 Å². The monoisotopic (exact) mass is 427 g/mol. The summed E-state index contributed by atoms with van der Waals surface area (Å²) in [5.74, 6) is 0. The third-order valence-corrected chi connectivity index (χ3v) is 6.48. The molecule has 0 saturated carbocycles. The minimum absolute atomic E-state index is 0.00643. The van der Waals surface area contributed by atoms with E-state index in [1.807, 2.05) is 13.8 Å². The number of thiophene rings is 1. The van der Waals surface area contributed by atoms with Gasteiger partial charge in [0.1, 0.15) is 5.71 Å². The van der Waals surface area contributed by atoms with Gasteiger partial charge < -0.3 is 4.84 Å². The van der Waals surface area contributed by atoms with Crippen LogP contribution in [0.1, 0.15) is 27.3 Å². The topological polar surface area (TPSA) is 21.6 Å². The van der Waals surface area contributed by atoms with Crippen LogP contribution in [0.3, 0.4) is 0 Å². The number of benzene rings is 1. The molecule has 9 heteroatoms. The zero-order chi connectivity index (χ0) is 18.6. The maximum atomic E-state index is 13.9. The second kappa shape index (κ2) is 6.34. The van der Waals surface area contributed by atoms with Crippen molar-refractivity contribution in [2.45, 2.75) is 32.0 Å². The molecule has 0 radical (unpaired) electrons. The van der Waals surface area contributed by atoms with Crippen LogP contribution >= 0.6 is 46.1 Å². The zero-order valence-electron chi connectivity index (χ0n) is 13.0. The van der Waals surface area contributed by atoms with Gasteiger partial charge in [-0.2, -0.15) is 13.2 Å². The van der Waals surface area contributed by atoms with E-state index >= 15 is 0 Å². The Bertz CT molecular complexity index is 835. The average molecular weight is 429 g/mol. The molecule has 0 N–H and O–H groups in total. The number of oxime groups is 1. The van der Waals surface area contributed by atoms with Gasteiger partial charge in [0.05, 0.1) is 26.4 Å². The molecule has 0 fully saturated rings. The fraction of sp³-hybridized carbons (Fsp3) is 0.312. The Labute approximate surface area is 161 Å². The maximum Gasteiger partial charge on any atom is 0.435 e. The van der Waals surface area contributed by atoms with Crippen LogP contribution in [0.4, 0.5) is 13.2 Å². The Morgan fingerprint density at radius 3 is 2.20 bits per heavy atom. The summed E-state index contributed by atoms with van der Waals surface area (Å²) in [5, 5.41) is 3.57. The Kier molecular flexibility index (Phi) is 4.77. The summed E-state index contributed by atoms with van der Waals surface area (Å²) in [6, 6.07) is 4.04. The van der Waals surface area contributed by atoms with Crippen molar-refractivity contribution in [2.24, 2.45) is 5.16 Å². The van der Waals surface area contributed by atoms with Crippen molar-refractivity contribution >= 4 is 51.9 Å². The van der Waals surface area contributed by atoms with Crippen molar-refractivity contribution in [2.75, 3.05) is 0 Å². The van der Waals surface area contributed by atoms with E-state index in [1.165, 1.54) is 11.3 Å². The highest BCUT2D eigenvalue weighted by molar-refractivity contribution is 7.14. The molecule has 134 valence electrons. The van der Waals surface area contributed by atoms with Crippen molar-refractivity contribution in [3.05, 3.63) is 54.1 Å². The third-order valence-electron chi connectivity index (χ3n) is 4.09. The van der Waals surface area contributed by atoms with Crippen LogP contribution in [-0.4, -0.2) is 11.9 Å². The first-order valence-corrected chi connectivity index (χ1v) is 9.04. The molecule has 3 rings (SSSR count). The standard InChI is InChI=1S/C16H11Cl3F3NOS/c1-7-3-13(25-8(7)2)12-6-15(24-23-12,16(20,21)22)9-4-10(17)14(19)11(18)5-9/h3-5H,6H2,1-2H3/t15-/m0/s1. The first-order valence-electron chi connectivity index (χ1n) is 7.09. The lowest BCUT2D eigenvalue weighted by Gasteiger charge is -2.29. The average Bonchev–Trinajstić information content (AvgIpc) is 3.09. The van der Waals surface area contributed by atoms with Gasteiger partial charge in [0, 0.05) is 10.4 Å². The van der Waals surface area contributed by atoms with Gasteiger partial charge in [0.25, 0.3) is 5.60 Å². The molecule has 0 saturated heterocycles. The Balaban J connectivity index is 2.07. The molecule has 0 unspecified atom stereocenters. The van der Waals surface area contributed by atoms with E-state index in [0.29, 0.717) is 4.88 Å². The normalized spacial score (nSPS) is 20.6. The molecule has 0 bridgehead atoms. The van der Waals surface area contributed by atoms with E-state index < -0.39 is 18.2 Å². The van der Waals surface area contributed by atoms with Crippen LogP contribution in [0.5, 0.6) is 0 Å². The Morgan fingerprint density at radius 1 is 1.12 bits per heavy atom. The Hall–Kier alpha value is -0.950. The van der Waals surface area contributed by atoms with E-state index in [1.54, 1.807) is 6.07 Å². The minimum Gasteiger partial charge on any atom is -0.374 e. The van der Waals surface area contributed by atoms with Gasteiger partial charge in [-0.3, -0.25) is 0 Å². The molecule has 0 aliphatic carbocycles. The SMILES string of the molecule is Cc1cc(C2=NO[C@@](c3cc(Cl)c(Cl)c(Cl)c3)(C(F)(F)F)C2)sc1C. The fourth-order valence-electron chi connectivity index (χ4n) is 2.54. The van der Waals surface area contributed by atoms with E-state index in [2.05, 4.69) is 5.16 Å². The van der Waals surface area contributed by atoms with Crippen LogP contribution in [0.15, 0.2) is 23.4 Å². The molecule has 2 aromatic rings. The van der Waals surface area contributed by atoms with Crippen molar-refractivity contribution in [3.8, 4) is 0 Å². The summed E-state index contributed by atoms with van der Waals surface area (Å²) in [6.45, 7) is 3.79. The number of rotatable bonds is 2. The summed E-state index contributed by atoms with van der Waals surface area (Å²) >= 11 is 19.0.